The number of ether oxygens (including phenoxy) is 2. The number of benzene rings is 2. The van der Waals surface area contributed by atoms with E-state index in [1.807, 2.05) is 0 Å². The summed E-state index contributed by atoms with van der Waals surface area (Å²) >= 11 is 0. The molecule has 5 N–H and O–H groups in total. The zero-order valence-corrected chi connectivity index (χ0v) is 26.4. The summed E-state index contributed by atoms with van der Waals surface area (Å²) in [5, 5.41) is 22.0. The van der Waals surface area contributed by atoms with Crippen molar-refractivity contribution in [2.24, 2.45) is 10.6 Å². The third kappa shape index (κ3) is 7.97. The fraction of sp³-hybridized carbons (Fsp3) is 0.562. The van der Waals surface area contributed by atoms with Crippen LogP contribution in [-0.4, -0.2) is 86.9 Å². The van der Waals surface area contributed by atoms with Gasteiger partial charge in [0.25, 0.3) is 5.91 Å². The minimum atomic E-state index is -3.82. The predicted octanol–water partition coefficient (Wildman–Crippen LogP) is 2.42. The van der Waals surface area contributed by atoms with E-state index >= 15 is 0 Å². The second-order valence-electron chi connectivity index (χ2n) is 13.3. The van der Waals surface area contributed by atoms with Crippen LogP contribution in [0.4, 0.5) is 0 Å². The highest BCUT2D eigenvalue weighted by molar-refractivity contribution is 7.89. The van der Waals surface area contributed by atoms with Gasteiger partial charge >= 0.3 is 0 Å². The molecular formula is C32H44N4O7S. The Bertz CT molecular complexity index is 1460. The standard InChI is InChI=1S/C32H44N4O7S/c1-32(2,3)13-14-36-19-22-17-26(36)31(39)34-18-29-27(37)11-7-23(43-29)12-15-42-28-16-21(6-10-25(28)30(38)35-22)20-4-8-24(9-5-20)44(33,40)41/h4-6,8-10,16,22-23,26-27,29,37H,7,11-15,17-19H2,1-3H3,(H,34,39)(H,35,38)(H2,33,40,41)/t22-,23-,26-,27-,29+/m0/s1. The number of primary sulfonamides is 1. The molecule has 0 radical (unpaired) electrons. The molecule has 4 bridgehead atoms. The predicted molar refractivity (Wildman–Crippen MR) is 166 cm³/mol. The van der Waals surface area contributed by atoms with E-state index in [2.05, 4.69) is 36.3 Å². The molecule has 11 nitrogen and oxygen atoms in total. The van der Waals surface area contributed by atoms with Gasteiger partial charge in [-0.1, -0.05) is 39.0 Å². The summed E-state index contributed by atoms with van der Waals surface area (Å²) in [5.41, 5.74) is 1.94. The van der Waals surface area contributed by atoms with Crippen LogP contribution in [0.5, 0.6) is 5.75 Å². The van der Waals surface area contributed by atoms with Gasteiger partial charge in [-0.25, -0.2) is 13.6 Å². The van der Waals surface area contributed by atoms with Crippen LogP contribution in [0.3, 0.4) is 0 Å². The van der Waals surface area contributed by atoms with Crippen molar-refractivity contribution in [2.45, 2.75) is 88.2 Å². The van der Waals surface area contributed by atoms with Crippen LogP contribution in [0.15, 0.2) is 47.4 Å². The van der Waals surface area contributed by atoms with Gasteiger partial charge < -0.3 is 25.2 Å². The summed E-state index contributed by atoms with van der Waals surface area (Å²) in [4.78, 5) is 29.2. The number of nitrogens with two attached hydrogens (primary N) is 1. The average molecular weight is 629 g/mol. The Labute approximate surface area is 259 Å². The number of nitrogens with one attached hydrogen (secondary N) is 2. The van der Waals surface area contributed by atoms with Crippen molar-refractivity contribution < 1.29 is 32.6 Å². The van der Waals surface area contributed by atoms with Gasteiger partial charge in [-0.15, -0.1) is 0 Å². The summed E-state index contributed by atoms with van der Waals surface area (Å²) in [5.74, 6) is -0.0171. The molecule has 3 aliphatic rings. The van der Waals surface area contributed by atoms with Gasteiger partial charge in [0.2, 0.25) is 15.9 Å². The van der Waals surface area contributed by atoms with E-state index in [4.69, 9.17) is 14.6 Å². The maximum absolute atomic E-state index is 13.7. The molecule has 5 rings (SSSR count). The summed E-state index contributed by atoms with van der Waals surface area (Å²) < 4.78 is 35.8. The molecular weight excluding hydrogens is 584 g/mol. The highest BCUT2D eigenvalue weighted by atomic mass is 32.2. The lowest BCUT2D eigenvalue weighted by atomic mass is 9.92. The third-order valence-corrected chi connectivity index (χ3v) is 9.62. The van der Waals surface area contributed by atoms with Crippen LogP contribution in [0.2, 0.25) is 0 Å². The lowest BCUT2D eigenvalue weighted by molar-refractivity contribution is -0.133. The number of hydrogen-bond acceptors (Lipinski definition) is 8. The number of likely N-dealkylation sites (tertiary alicyclic amines) is 1. The maximum Gasteiger partial charge on any atom is 0.255 e. The Morgan fingerprint density at radius 3 is 2.48 bits per heavy atom. The fourth-order valence-electron chi connectivity index (χ4n) is 6.08. The molecule has 3 heterocycles. The van der Waals surface area contributed by atoms with Crippen molar-refractivity contribution in [1.82, 2.24) is 15.5 Å². The second kappa shape index (κ2) is 13.1. The first-order valence-electron chi connectivity index (χ1n) is 15.3. The first kappa shape index (κ1) is 32.4. The monoisotopic (exact) mass is 628 g/mol. The highest BCUT2D eigenvalue weighted by Gasteiger charge is 2.39. The number of hydrogen-bond donors (Lipinski definition) is 4. The van der Waals surface area contributed by atoms with Crippen molar-refractivity contribution in [3.63, 3.8) is 0 Å². The smallest absolute Gasteiger partial charge is 0.255 e. The molecule has 0 spiro atoms. The number of amides is 2. The van der Waals surface area contributed by atoms with Gasteiger partial charge in [0.05, 0.1) is 35.3 Å². The van der Waals surface area contributed by atoms with E-state index in [-0.39, 0.29) is 47.4 Å². The van der Waals surface area contributed by atoms with E-state index in [1.165, 1.54) is 12.1 Å². The summed E-state index contributed by atoms with van der Waals surface area (Å²) in [6, 6.07) is 10.8. The number of sulfonamides is 1. The first-order chi connectivity index (χ1) is 20.8. The molecule has 2 fully saturated rings. The summed E-state index contributed by atoms with van der Waals surface area (Å²) in [7, 11) is -3.82. The zero-order valence-electron chi connectivity index (χ0n) is 25.6. The fourth-order valence-corrected chi connectivity index (χ4v) is 6.60. The largest absolute Gasteiger partial charge is 0.493 e. The molecule has 240 valence electrons. The Morgan fingerprint density at radius 1 is 1.05 bits per heavy atom. The minimum absolute atomic E-state index is 0.0119. The Balaban J connectivity index is 1.43. The topological polar surface area (TPSA) is 160 Å². The van der Waals surface area contributed by atoms with Gasteiger partial charge in [-0.05, 0) is 73.0 Å². The molecule has 0 unspecified atom stereocenters. The van der Waals surface area contributed by atoms with Crippen molar-refractivity contribution in [1.29, 1.82) is 0 Å². The van der Waals surface area contributed by atoms with Crippen LogP contribution >= 0.6 is 0 Å². The number of fused-ring (bicyclic) bond motifs is 5. The van der Waals surface area contributed by atoms with E-state index in [0.29, 0.717) is 50.1 Å². The van der Waals surface area contributed by atoms with Crippen LogP contribution < -0.4 is 20.5 Å². The molecule has 2 aromatic rings. The molecule has 3 aliphatic heterocycles. The molecule has 44 heavy (non-hydrogen) atoms. The van der Waals surface area contributed by atoms with Crippen LogP contribution in [-0.2, 0) is 19.6 Å². The quantitative estimate of drug-likeness (QED) is 0.402. The van der Waals surface area contributed by atoms with E-state index < -0.39 is 28.3 Å². The van der Waals surface area contributed by atoms with Crippen molar-refractivity contribution in [2.75, 3.05) is 26.2 Å². The lowest BCUT2D eigenvalue weighted by Gasteiger charge is -2.34. The molecule has 2 saturated heterocycles. The number of rotatable bonds is 4. The lowest BCUT2D eigenvalue weighted by Crippen LogP contribution is -2.50. The molecule has 0 aliphatic carbocycles. The van der Waals surface area contributed by atoms with Crippen LogP contribution in [0, 0.1) is 5.41 Å². The summed E-state index contributed by atoms with van der Waals surface area (Å²) in [6.45, 7) is 8.24. The van der Waals surface area contributed by atoms with Gasteiger partial charge in [-0.2, -0.15) is 0 Å². The highest BCUT2D eigenvalue weighted by Crippen LogP contribution is 2.31. The van der Waals surface area contributed by atoms with Crippen molar-refractivity contribution >= 4 is 21.8 Å². The first-order valence-corrected chi connectivity index (χ1v) is 16.9. The number of carbonyl (C=O) groups excluding carboxylic acids is 2. The van der Waals surface area contributed by atoms with E-state index in [9.17, 15) is 23.1 Å². The Kier molecular flexibility index (Phi) is 9.66. The van der Waals surface area contributed by atoms with Gasteiger partial charge in [0, 0.05) is 25.6 Å². The maximum atomic E-state index is 13.7. The van der Waals surface area contributed by atoms with Gasteiger partial charge in [-0.3, -0.25) is 14.5 Å². The van der Waals surface area contributed by atoms with E-state index in [0.717, 1.165) is 17.5 Å². The van der Waals surface area contributed by atoms with Gasteiger partial charge in [0.1, 0.15) is 11.9 Å². The average Bonchev–Trinajstić information content (AvgIpc) is 3.37. The number of aliphatic hydroxyl groups excluding tert-OH is 1. The van der Waals surface area contributed by atoms with E-state index in [1.54, 1.807) is 30.3 Å². The zero-order chi connectivity index (χ0) is 31.6. The van der Waals surface area contributed by atoms with Crippen molar-refractivity contribution in [3.8, 4) is 16.9 Å². The summed E-state index contributed by atoms with van der Waals surface area (Å²) in [6.07, 6.45) is 1.77. The van der Waals surface area contributed by atoms with Crippen LogP contribution in [0.25, 0.3) is 11.1 Å². The number of carbonyl (C=O) groups is 2. The molecule has 2 amide bonds. The minimum Gasteiger partial charge on any atom is -0.493 e. The van der Waals surface area contributed by atoms with Gasteiger partial charge in [0.15, 0.2) is 0 Å². The SMILES string of the molecule is CC(C)(C)CCN1C[C@@H]2C[C@H]1C(=O)NC[C@H]1O[C@H](CCOc3cc(-c4ccc(S(N)(=O)=O)cc4)ccc3C(=O)N2)CC[C@@H]1O. The Morgan fingerprint density at radius 2 is 1.77 bits per heavy atom. The molecule has 5 atom stereocenters. The van der Waals surface area contributed by atoms with Crippen LogP contribution in [0.1, 0.15) is 63.2 Å². The molecule has 2 aromatic carbocycles. The van der Waals surface area contributed by atoms with Crippen molar-refractivity contribution in [3.05, 3.63) is 48.0 Å². The normalized spacial score (nSPS) is 27.2. The molecule has 0 aromatic heterocycles. The third-order valence-electron chi connectivity index (χ3n) is 8.69. The second-order valence-corrected chi connectivity index (χ2v) is 14.9. The number of aliphatic hydroxyl groups is 1. The molecule has 12 heteroatoms. The number of nitrogens with zero attached hydrogens (tertiary/aromatic N) is 1. The molecule has 0 saturated carbocycles. The Hall–Kier alpha value is -3.03.